The smallest absolute Gasteiger partial charge is 0.0252 e. The van der Waals surface area contributed by atoms with Crippen LogP contribution in [0.2, 0.25) is 0 Å². The van der Waals surface area contributed by atoms with Gasteiger partial charge >= 0.3 is 0 Å². The molecule has 0 radical (unpaired) electrons. The van der Waals surface area contributed by atoms with E-state index < -0.39 is 0 Å². The predicted molar refractivity (Wildman–Crippen MR) is 45.1 cm³/mol. The van der Waals surface area contributed by atoms with Gasteiger partial charge in [0.15, 0.2) is 0 Å². The van der Waals surface area contributed by atoms with Gasteiger partial charge in [0.25, 0.3) is 0 Å². The van der Waals surface area contributed by atoms with Crippen molar-refractivity contribution in [2.45, 2.75) is 39.2 Å². The Morgan fingerprint density at radius 1 is 1.40 bits per heavy atom. The highest BCUT2D eigenvalue weighted by Crippen LogP contribution is 2.09. The molecular weight excluding hydrogens is 122 g/mol. The summed E-state index contributed by atoms with van der Waals surface area (Å²) in [6, 6.07) is 0.666. The summed E-state index contributed by atoms with van der Waals surface area (Å²) in [7, 11) is 0. The molecule has 1 atom stereocenters. The molecule has 1 aliphatic rings. The quantitative estimate of drug-likeness (QED) is 0.548. The van der Waals surface area contributed by atoms with Crippen LogP contribution < -0.4 is 5.32 Å². The number of hydrogen-bond acceptors (Lipinski definition) is 1. The molecule has 0 bridgehead atoms. The zero-order valence-electron chi connectivity index (χ0n) is 6.98. The van der Waals surface area contributed by atoms with Crippen LogP contribution in [0.3, 0.4) is 0 Å². The second-order valence-electron chi connectivity index (χ2n) is 3.30. The summed E-state index contributed by atoms with van der Waals surface area (Å²) < 4.78 is 0. The standard InChI is InChI=1S/C9H17N/c1-8(2)7-9-5-3-4-6-10-9/h7,9-10H,3-6H2,1-2H3/t9-/m0/s1. The highest BCUT2D eigenvalue weighted by Gasteiger charge is 2.08. The largest absolute Gasteiger partial charge is 0.311 e. The second kappa shape index (κ2) is 3.77. The van der Waals surface area contributed by atoms with Crippen molar-refractivity contribution in [3.63, 3.8) is 0 Å². The van der Waals surface area contributed by atoms with Crippen molar-refractivity contribution >= 4 is 0 Å². The van der Waals surface area contributed by atoms with Crippen molar-refractivity contribution in [3.05, 3.63) is 11.6 Å². The molecule has 1 rings (SSSR count). The fraction of sp³-hybridized carbons (Fsp3) is 0.778. The lowest BCUT2D eigenvalue weighted by Crippen LogP contribution is -2.32. The molecule has 10 heavy (non-hydrogen) atoms. The summed E-state index contributed by atoms with van der Waals surface area (Å²) in [5, 5.41) is 3.47. The van der Waals surface area contributed by atoms with Crippen molar-refractivity contribution in [1.82, 2.24) is 5.32 Å². The Bertz CT molecular complexity index is 117. The van der Waals surface area contributed by atoms with E-state index in [0.717, 1.165) is 0 Å². The first kappa shape index (κ1) is 7.80. The minimum Gasteiger partial charge on any atom is -0.311 e. The van der Waals surface area contributed by atoms with Crippen molar-refractivity contribution in [2.75, 3.05) is 6.54 Å². The Morgan fingerprint density at radius 3 is 2.70 bits per heavy atom. The van der Waals surface area contributed by atoms with Gasteiger partial charge in [-0.2, -0.15) is 0 Å². The van der Waals surface area contributed by atoms with Crippen LogP contribution in [0.15, 0.2) is 11.6 Å². The van der Waals surface area contributed by atoms with Gasteiger partial charge in [-0.3, -0.25) is 0 Å². The number of hydrogen-bond donors (Lipinski definition) is 1. The molecule has 1 nitrogen and oxygen atoms in total. The van der Waals surface area contributed by atoms with Crippen molar-refractivity contribution in [3.8, 4) is 0 Å². The SMILES string of the molecule is CC(C)=C[C@@H]1CCCCN1. The van der Waals surface area contributed by atoms with Crippen LogP contribution in [-0.4, -0.2) is 12.6 Å². The molecule has 0 aliphatic carbocycles. The Kier molecular flexibility index (Phi) is 2.94. The van der Waals surface area contributed by atoms with Crippen LogP contribution in [-0.2, 0) is 0 Å². The maximum absolute atomic E-state index is 3.47. The van der Waals surface area contributed by atoms with Crippen LogP contribution in [0.4, 0.5) is 0 Å². The first-order chi connectivity index (χ1) is 4.79. The lowest BCUT2D eigenvalue weighted by Gasteiger charge is -2.20. The minimum absolute atomic E-state index is 0.666. The van der Waals surface area contributed by atoms with Gasteiger partial charge < -0.3 is 5.32 Å². The number of piperidine rings is 1. The summed E-state index contributed by atoms with van der Waals surface area (Å²) in [6.45, 7) is 5.53. The average molecular weight is 139 g/mol. The molecule has 0 aromatic carbocycles. The summed E-state index contributed by atoms with van der Waals surface area (Å²) in [6.07, 6.45) is 6.40. The Balaban J connectivity index is 2.33. The highest BCUT2D eigenvalue weighted by molar-refractivity contribution is 5.01. The van der Waals surface area contributed by atoms with Crippen LogP contribution in [0.1, 0.15) is 33.1 Å². The number of rotatable bonds is 1. The minimum atomic E-state index is 0.666. The predicted octanol–water partition coefficient (Wildman–Crippen LogP) is 2.09. The third-order valence-electron chi connectivity index (χ3n) is 1.88. The molecule has 1 aliphatic heterocycles. The van der Waals surface area contributed by atoms with Crippen LogP contribution in [0.5, 0.6) is 0 Å². The van der Waals surface area contributed by atoms with Crippen molar-refractivity contribution in [2.24, 2.45) is 0 Å². The molecule has 0 spiro atoms. The van der Waals surface area contributed by atoms with E-state index in [9.17, 15) is 0 Å². The lowest BCUT2D eigenvalue weighted by molar-refractivity contribution is 0.453. The molecule has 0 saturated carbocycles. The first-order valence-electron chi connectivity index (χ1n) is 4.17. The monoisotopic (exact) mass is 139 g/mol. The van der Waals surface area contributed by atoms with Crippen molar-refractivity contribution in [1.29, 1.82) is 0 Å². The van der Waals surface area contributed by atoms with E-state index >= 15 is 0 Å². The summed E-state index contributed by atoms with van der Waals surface area (Å²) >= 11 is 0. The fourth-order valence-corrected chi connectivity index (χ4v) is 1.42. The maximum Gasteiger partial charge on any atom is 0.0252 e. The molecule has 1 N–H and O–H groups in total. The van der Waals surface area contributed by atoms with E-state index in [-0.39, 0.29) is 0 Å². The third kappa shape index (κ3) is 2.53. The zero-order chi connectivity index (χ0) is 7.40. The van der Waals surface area contributed by atoms with Gasteiger partial charge in [-0.15, -0.1) is 0 Å². The van der Waals surface area contributed by atoms with Gasteiger partial charge in [-0.05, 0) is 33.2 Å². The van der Waals surface area contributed by atoms with Gasteiger partial charge in [-0.1, -0.05) is 18.1 Å². The second-order valence-corrected chi connectivity index (χ2v) is 3.30. The summed E-state index contributed by atoms with van der Waals surface area (Å²) in [5.41, 5.74) is 1.43. The number of allylic oxidation sites excluding steroid dienone is 1. The van der Waals surface area contributed by atoms with E-state index in [0.29, 0.717) is 6.04 Å². The van der Waals surface area contributed by atoms with E-state index in [1.54, 1.807) is 0 Å². The molecule has 0 unspecified atom stereocenters. The van der Waals surface area contributed by atoms with E-state index in [2.05, 4.69) is 25.2 Å². The van der Waals surface area contributed by atoms with E-state index in [1.165, 1.54) is 31.4 Å². The topological polar surface area (TPSA) is 12.0 Å². The van der Waals surface area contributed by atoms with Crippen molar-refractivity contribution < 1.29 is 0 Å². The summed E-state index contributed by atoms with van der Waals surface area (Å²) in [5.74, 6) is 0. The molecule has 1 heteroatoms. The van der Waals surface area contributed by atoms with Gasteiger partial charge in [0.05, 0.1) is 0 Å². The first-order valence-corrected chi connectivity index (χ1v) is 4.17. The van der Waals surface area contributed by atoms with Crippen LogP contribution in [0, 0.1) is 0 Å². The third-order valence-corrected chi connectivity index (χ3v) is 1.88. The molecule has 58 valence electrons. The van der Waals surface area contributed by atoms with E-state index in [4.69, 9.17) is 0 Å². The lowest BCUT2D eigenvalue weighted by atomic mass is 10.0. The molecule has 1 saturated heterocycles. The molecule has 1 heterocycles. The summed E-state index contributed by atoms with van der Waals surface area (Å²) in [4.78, 5) is 0. The van der Waals surface area contributed by atoms with Crippen LogP contribution >= 0.6 is 0 Å². The fourth-order valence-electron chi connectivity index (χ4n) is 1.42. The van der Waals surface area contributed by atoms with Gasteiger partial charge in [0, 0.05) is 6.04 Å². The Labute approximate surface area is 63.5 Å². The molecular formula is C9H17N. The normalized spacial score (nSPS) is 26.0. The van der Waals surface area contributed by atoms with Gasteiger partial charge in [0.1, 0.15) is 0 Å². The average Bonchev–Trinajstić information content (AvgIpc) is 1.88. The van der Waals surface area contributed by atoms with Gasteiger partial charge in [-0.25, -0.2) is 0 Å². The molecule has 0 aromatic heterocycles. The molecule has 0 amide bonds. The Hall–Kier alpha value is -0.300. The molecule has 0 aromatic rings. The van der Waals surface area contributed by atoms with Gasteiger partial charge in [0.2, 0.25) is 0 Å². The maximum atomic E-state index is 3.47. The Morgan fingerprint density at radius 2 is 2.20 bits per heavy atom. The molecule has 1 fully saturated rings. The highest BCUT2D eigenvalue weighted by atomic mass is 14.9. The zero-order valence-corrected chi connectivity index (χ0v) is 6.98. The van der Waals surface area contributed by atoms with Crippen LogP contribution in [0.25, 0.3) is 0 Å². The van der Waals surface area contributed by atoms with E-state index in [1.807, 2.05) is 0 Å². The number of nitrogens with one attached hydrogen (secondary N) is 1.